The Morgan fingerprint density at radius 2 is 2.05 bits per heavy atom. The summed E-state index contributed by atoms with van der Waals surface area (Å²) in [5.74, 6) is 0.875. The number of hydrogen-bond acceptors (Lipinski definition) is 4. The average Bonchev–Trinajstić information content (AvgIpc) is 2.47. The van der Waals surface area contributed by atoms with Crippen molar-refractivity contribution in [3.8, 4) is 11.8 Å². The van der Waals surface area contributed by atoms with Gasteiger partial charge in [-0.05, 0) is 30.9 Å². The highest BCUT2D eigenvalue weighted by molar-refractivity contribution is 7.90. The molecular formula is C14H19N3O3S. The fourth-order valence-electron chi connectivity index (χ4n) is 2.32. The molecule has 0 unspecified atom stereocenters. The third-order valence-electron chi connectivity index (χ3n) is 3.68. The lowest BCUT2D eigenvalue weighted by molar-refractivity contribution is 0.289. The van der Waals surface area contributed by atoms with Crippen molar-refractivity contribution in [1.82, 2.24) is 4.31 Å². The molecule has 1 aromatic carbocycles. The lowest BCUT2D eigenvalue weighted by Gasteiger charge is -2.29. The van der Waals surface area contributed by atoms with Crippen LogP contribution in [0.4, 0.5) is 5.69 Å². The van der Waals surface area contributed by atoms with Crippen molar-refractivity contribution in [1.29, 1.82) is 5.26 Å². The molecule has 0 bridgehead atoms. The molecule has 1 saturated heterocycles. The molecule has 0 aromatic heterocycles. The number of nitrogens with zero attached hydrogens (tertiary/aromatic N) is 2. The molecule has 0 radical (unpaired) electrons. The van der Waals surface area contributed by atoms with Crippen LogP contribution in [0, 0.1) is 17.2 Å². The highest BCUT2D eigenvalue weighted by Gasteiger charge is 2.27. The molecule has 0 spiro atoms. The van der Waals surface area contributed by atoms with E-state index in [0.717, 1.165) is 12.8 Å². The van der Waals surface area contributed by atoms with Crippen molar-refractivity contribution in [3.05, 3.63) is 23.8 Å². The van der Waals surface area contributed by atoms with E-state index in [0.29, 0.717) is 24.8 Å². The summed E-state index contributed by atoms with van der Waals surface area (Å²) >= 11 is 0. The first kappa shape index (κ1) is 15.6. The Kier molecular flexibility index (Phi) is 4.70. The molecular weight excluding hydrogens is 290 g/mol. The van der Waals surface area contributed by atoms with Crippen molar-refractivity contribution in [2.75, 3.05) is 24.9 Å². The number of anilines is 1. The molecule has 21 heavy (non-hydrogen) atoms. The molecule has 2 rings (SSSR count). The van der Waals surface area contributed by atoms with Crippen molar-refractivity contribution >= 4 is 15.9 Å². The minimum Gasteiger partial charge on any atom is -0.495 e. The van der Waals surface area contributed by atoms with E-state index in [9.17, 15) is 8.42 Å². The molecule has 0 saturated carbocycles. The summed E-state index contributed by atoms with van der Waals surface area (Å²) in [4.78, 5) is 0. The first-order valence-electron chi connectivity index (χ1n) is 6.83. The normalized spacial score (nSPS) is 17.2. The second-order valence-electron chi connectivity index (χ2n) is 5.18. The van der Waals surface area contributed by atoms with Crippen molar-refractivity contribution in [3.63, 3.8) is 0 Å². The van der Waals surface area contributed by atoms with Crippen LogP contribution in [0.5, 0.6) is 5.75 Å². The number of hydrogen-bond donors (Lipinski definition) is 1. The lowest BCUT2D eigenvalue weighted by atomic mass is 10.0. The lowest BCUT2D eigenvalue weighted by Crippen LogP contribution is -2.41. The van der Waals surface area contributed by atoms with E-state index in [4.69, 9.17) is 10.00 Å². The number of nitrogens with one attached hydrogen (secondary N) is 1. The maximum atomic E-state index is 12.4. The third-order valence-corrected chi connectivity index (χ3v) is 5.19. The van der Waals surface area contributed by atoms with Crippen LogP contribution >= 0.6 is 0 Å². The molecule has 1 heterocycles. The first-order chi connectivity index (χ1) is 9.97. The maximum Gasteiger partial charge on any atom is 0.301 e. The summed E-state index contributed by atoms with van der Waals surface area (Å²) in [7, 11) is -2.23. The number of piperidine rings is 1. The quantitative estimate of drug-likeness (QED) is 0.921. The summed E-state index contributed by atoms with van der Waals surface area (Å²) in [6.07, 6.45) is 1.69. The van der Waals surface area contributed by atoms with Crippen LogP contribution in [0.3, 0.4) is 0 Å². The van der Waals surface area contributed by atoms with Gasteiger partial charge in [-0.15, -0.1) is 0 Å². The molecule has 0 aliphatic carbocycles. The molecule has 1 N–H and O–H groups in total. The van der Waals surface area contributed by atoms with Gasteiger partial charge in [0, 0.05) is 13.1 Å². The number of benzene rings is 1. The second kappa shape index (κ2) is 6.33. The van der Waals surface area contributed by atoms with Gasteiger partial charge in [-0.1, -0.05) is 13.0 Å². The molecule has 1 aliphatic rings. The standard InChI is InChI=1S/C14H19N3O3S/c1-11-6-8-17(9-7-11)21(18,19)16-14-12(10-15)4-3-5-13(14)20-2/h3-5,11,16H,6-9H2,1-2H3. The summed E-state index contributed by atoms with van der Waals surface area (Å²) in [6.45, 7) is 3.10. The van der Waals surface area contributed by atoms with Crippen molar-refractivity contribution in [2.45, 2.75) is 19.8 Å². The Morgan fingerprint density at radius 3 is 2.62 bits per heavy atom. The van der Waals surface area contributed by atoms with Gasteiger partial charge >= 0.3 is 10.2 Å². The SMILES string of the molecule is COc1cccc(C#N)c1NS(=O)(=O)N1CCC(C)CC1. The number of para-hydroxylation sites is 1. The minimum atomic E-state index is -3.67. The van der Waals surface area contributed by atoms with Gasteiger partial charge in [0.25, 0.3) is 0 Å². The molecule has 7 heteroatoms. The Hall–Kier alpha value is -1.78. The molecule has 1 aromatic rings. The molecule has 1 fully saturated rings. The fourth-order valence-corrected chi connectivity index (χ4v) is 3.61. The van der Waals surface area contributed by atoms with E-state index in [1.54, 1.807) is 18.2 Å². The molecule has 0 atom stereocenters. The predicted molar refractivity (Wildman–Crippen MR) is 80.2 cm³/mol. The van der Waals surface area contributed by atoms with Gasteiger partial charge in [0.2, 0.25) is 0 Å². The van der Waals surface area contributed by atoms with Crippen LogP contribution in [0.2, 0.25) is 0 Å². The zero-order valence-corrected chi connectivity index (χ0v) is 13.0. The summed E-state index contributed by atoms with van der Waals surface area (Å²) in [5, 5.41) is 9.13. The predicted octanol–water partition coefficient (Wildman–Crippen LogP) is 1.96. The van der Waals surface area contributed by atoms with Gasteiger partial charge in [0.1, 0.15) is 17.5 Å². The van der Waals surface area contributed by atoms with Gasteiger partial charge in [-0.3, -0.25) is 4.72 Å². The van der Waals surface area contributed by atoms with E-state index in [1.165, 1.54) is 11.4 Å². The minimum absolute atomic E-state index is 0.195. The van der Waals surface area contributed by atoms with Gasteiger partial charge in [-0.2, -0.15) is 18.0 Å². The number of ether oxygens (including phenoxy) is 1. The zero-order valence-electron chi connectivity index (χ0n) is 12.2. The smallest absolute Gasteiger partial charge is 0.301 e. The highest BCUT2D eigenvalue weighted by Crippen LogP contribution is 2.30. The van der Waals surface area contributed by atoms with Crippen LogP contribution in [0.15, 0.2) is 18.2 Å². The van der Waals surface area contributed by atoms with Gasteiger partial charge in [0.05, 0.1) is 12.7 Å². The Bertz CT molecular complexity index is 644. The molecule has 6 nitrogen and oxygen atoms in total. The van der Waals surface area contributed by atoms with E-state index < -0.39 is 10.2 Å². The second-order valence-corrected chi connectivity index (χ2v) is 6.85. The van der Waals surface area contributed by atoms with Gasteiger partial charge in [0.15, 0.2) is 0 Å². The first-order valence-corrected chi connectivity index (χ1v) is 8.27. The maximum absolute atomic E-state index is 12.4. The summed E-state index contributed by atoms with van der Waals surface area (Å²) < 4.78 is 33.9. The molecule has 0 amide bonds. The van der Waals surface area contributed by atoms with E-state index in [1.807, 2.05) is 6.07 Å². The fraction of sp³-hybridized carbons (Fsp3) is 0.500. The summed E-state index contributed by atoms with van der Waals surface area (Å²) in [5.41, 5.74) is 0.435. The average molecular weight is 309 g/mol. The summed E-state index contributed by atoms with van der Waals surface area (Å²) in [6, 6.07) is 6.80. The van der Waals surface area contributed by atoms with Crippen LogP contribution < -0.4 is 9.46 Å². The van der Waals surface area contributed by atoms with Gasteiger partial charge in [-0.25, -0.2) is 0 Å². The van der Waals surface area contributed by atoms with Crippen LogP contribution in [-0.2, 0) is 10.2 Å². The Morgan fingerprint density at radius 1 is 1.38 bits per heavy atom. The van der Waals surface area contributed by atoms with Crippen LogP contribution in [-0.4, -0.2) is 32.9 Å². The Labute approximate surface area is 125 Å². The zero-order chi connectivity index (χ0) is 15.5. The van der Waals surface area contributed by atoms with Crippen molar-refractivity contribution in [2.24, 2.45) is 5.92 Å². The van der Waals surface area contributed by atoms with E-state index >= 15 is 0 Å². The van der Waals surface area contributed by atoms with E-state index in [2.05, 4.69) is 11.6 Å². The monoisotopic (exact) mass is 309 g/mol. The highest BCUT2D eigenvalue weighted by atomic mass is 32.2. The number of nitriles is 1. The van der Waals surface area contributed by atoms with E-state index in [-0.39, 0.29) is 11.3 Å². The molecule has 114 valence electrons. The number of rotatable bonds is 4. The van der Waals surface area contributed by atoms with Crippen LogP contribution in [0.25, 0.3) is 0 Å². The molecule has 1 aliphatic heterocycles. The number of methoxy groups -OCH3 is 1. The van der Waals surface area contributed by atoms with Crippen LogP contribution in [0.1, 0.15) is 25.3 Å². The third kappa shape index (κ3) is 3.46. The van der Waals surface area contributed by atoms with Gasteiger partial charge < -0.3 is 4.74 Å². The van der Waals surface area contributed by atoms with Crippen molar-refractivity contribution < 1.29 is 13.2 Å². The topological polar surface area (TPSA) is 82.4 Å². The Balaban J connectivity index is 2.27. The largest absolute Gasteiger partial charge is 0.495 e.